The van der Waals surface area contributed by atoms with Gasteiger partial charge in [0.2, 0.25) is 5.91 Å². The predicted octanol–water partition coefficient (Wildman–Crippen LogP) is 5.10. The number of fused-ring (bicyclic) bond motifs is 1. The third-order valence-electron chi connectivity index (χ3n) is 6.98. The van der Waals surface area contributed by atoms with Gasteiger partial charge in [-0.05, 0) is 41.8 Å². The molecule has 2 amide bonds. The molecule has 1 saturated heterocycles. The Bertz CT molecular complexity index is 1370. The van der Waals surface area contributed by atoms with Gasteiger partial charge in [0.15, 0.2) is 6.61 Å². The van der Waals surface area contributed by atoms with Gasteiger partial charge in [0.25, 0.3) is 5.91 Å². The number of amides is 2. The van der Waals surface area contributed by atoms with Crippen LogP contribution in [0.1, 0.15) is 18.5 Å². The maximum absolute atomic E-state index is 13.7. The van der Waals surface area contributed by atoms with Crippen LogP contribution < -0.4 is 15.0 Å². The van der Waals surface area contributed by atoms with Crippen LogP contribution in [0.2, 0.25) is 10.0 Å². The van der Waals surface area contributed by atoms with Crippen LogP contribution in [0.5, 0.6) is 5.75 Å². The van der Waals surface area contributed by atoms with Gasteiger partial charge in [-0.1, -0.05) is 59.6 Å². The Hall–Kier alpha value is -3.17. The van der Waals surface area contributed by atoms with Crippen LogP contribution in [0.4, 0.5) is 10.1 Å². The van der Waals surface area contributed by atoms with E-state index in [0.29, 0.717) is 36.2 Å². The topological polar surface area (TPSA) is 71.1 Å². The van der Waals surface area contributed by atoms with Crippen LogP contribution in [0.25, 0.3) is 11.1 Å². The molecular weight excluding hydrogens is 544 g/mol. The van der Waals surface area contributed by atoms with E-state index in [1.807, 2.05) is 30.3 Å². The molecule has 2 atom stereocenters. The first-order chi connectivity index (χ1) is 18.8. The van der Waals surface area contributed by atoms with Gasteiger partial charge >= 0.3 is 0 Å². The van der Waals surface area contributed by atoms with Gasteiger partial charge in [-0.2, -0.15) is 0 Å². The number of morpholine rings is 1. The summed E-state index contributed by atoms with van der Waals surface area (Å²) in [6, 6.07) is 16.0. The maximum Gasteiger partial charge on any atom is 0.265 e. The van der Waals surface area contributed by atoms with Crippen molar-refractivity contribution in [3.63, 3.8) is 0 Å². The van der Waals surface area contributed by atoms with Crippen molar-refractivity contribution >= 4 is 40.7 Å². The average molecular weight is 572 g/mol. The lowest BCUT2D eigenvalue weighted by atomic mass is 9.99. The summed E-state index contributed by atoms with van der Waals surface area (Å²) in [6.45, 7) is 4.77. The van der Waals surface area contributed by atoms with Crippen molar-refractivity contribution in [1.29, 1.82) is 0 Å². The molecule has 2 aliphatic heterocycles. The molecular formula is C29H28Cl2FN3O4. The lowest BCUT2D eigenvalue weighted by Gasteiger charge is -2.35. The van der Waals surface area contributed by atoms with Gasteiger partial charge in [0.1, 0.15) is 17.6 Å². The summed E-state index contributed by atoms with van der Waals surface area (Å²) in [5.41, 5.74) is 2.93. The number of carbonyl (C=O) groups excluding carboxylic acids is 2. The zero-order chi connectivity index (χ0) is 27.5. The molecule has 7 nitrogen and oxygen atoms in total. The van der Waals surface area contributed by atoms with E-state index in [9.17, 15) is 14.0 Å². The van der Waals surface area contributed by atoms with E-state index in [0.717, 1.165) is 29.8 Å². The predicted molar refractivity (Wildman–Crippen MR) is 149 cm³/mol. The molecule has 3 aromatic rings. The van der Waals surface area contributed by atoms with Gasteiger partial charge < -0.3 is 14.8 Å². The van der Waals surface area contributed by atoms with Crippen molar-refractivity contribution in [2.24, 2.45) is 0 Å². The molecule has 0 bridgehead atoms. The molecule has 10 heteroatoms. The van der Waals surface area contributed by atoms with E-state index in [1.165, 1.54) is 23.1 Å². The number of rotatable bonds is 7. The lowest BCUT2D eigenvalue weighted by Crippen LogP contribution is -2.53. The molecule has 0 aliphatic carbocycles. The van der Waals surface area contributed by atoms with Gasteiger partial charge in [-0.15, -0.1) is 0 Å². The Labute approximate surface area is 236 Å². The van der Waals surface area contributed by atoms with E-state index < -0.39 is 6.04 Å². The Morgan fingerprint density at radius 3 is 2.46 bits per heavy atom. The van der Waals surface area contributed by atoms with Gasteiger partial charge in [-0.25, -0.2) is 4.39 Å². The second kappa shape index (κ2) is 11.9. The minimum absolute atomic E-state index is 0.207. The zero-order valence-corrected chi connectivity index (χ0v) is 22.8. The monoisotopic (exact) mass is 571 g/mol. The second-order valence-electron chi connectivity index (χ2n) is 9.57. The van der Waals surface area contributed by atoms with Crippen molar-refractivity contribution < 1.29 is 23.5 Å². The van der Waals surface area contributed by atoms with Gasteiger partial charge in [-0.3, -0.25) is 19.4 Å². The van der Waals surface area contributed by atoms with E-state index in [1.54, 1.807) is 19.1 Å². The smallest absolute Gasteiger partial charge is 0.265 e. The third-order valence-corrected chi connectivity index (χ3v) is 7.70. The fraction of sp³-hybridized carbons (Fsp3) is 0.310. The van der Waals surface area contributed by atoms with Crippen molar-refractivity contribution in [3.8, 4) is 16.9 Å². The number of carbonyl (C=O) groups is 2. The standard InChI is InChI=1S/C29H28Cl2FN3O4/c1-18(35-26-14-23(30)24(31)15-27(26)39-17-28(35)36)29(37)33-25(16-34-9-11-38-12-10-34)20-7-5-19(6-8-20)21-3-2-4-22(32)13-21/h2-8,13-15,18,25H,9-12,16-17H2,1H3,(H,33,37). The number of anilines is 1. The molecule has 0 saturated carbocycles. The van der Waals surface area contributed by atoms with Crippen LogP contribution in [0.3, 0.4) is 0 Å². The largest absolute Gasteiger partial charge is 0.482 e. The molecule has 204 valence electrons. The molecule has 5 rings (SSSR count). The fourth-order valence-electron chi connectivity index (χ4n) is 4.85. The number of nitrogens with one attached hydrogen (secondary N) is 1. The summed E-state index contributed by atoms with van der Waals surface area (Å²) in [4.78, 5) is 30.1. The summed E-state index contributed by atoms with van der Waals surface area (Å²) < 4.78 is 24.8. The normalized spacial score (nSPS) is 17.2. The first kappa shape index (κ1) is 27.4. The summed E-state index contributed by atoms with van der Waals surface area (Å²) in [5, 5.41) is 3.71. The lowest BCUT2D eigenvalue weighted by molar-refractivity contribution is -0.128. The molecule has 3 aromatic carbocycles. The van der Waals surface area contributed by atoms with E-state index >= 15 is 0 Å². The van der Waals surface area contributed by atoms with Crippen LogP contribution in [-0.4, -0.2) is 62.2 Å². The van der Waals surface area contributed by atoms with Crippen LogP contribution >= 0.6 is 23.2 Å². The Morgan fingerprint density at radius 1 is 1.03 bits per heavy atom. The van der Waals surface area contributed by atoms with Gasteiger partial charge in [0.05, 0.1) is 35.0 Å². The Morgan fingerprint density at radius 2 is 1.74 bits per heavy atom. The molecule has 1 fully saturated rings. The Balaban J connectivity index is 1.39. The number of nitrogens with zero attached hydrogens (tertiary/aromatic N) is 2. The van der Waals surface area contributed by atoms with Crippen molar-refractivity contribution in [2.45, 2.75) is 19.0 Å². The van der Waals surface area contributed by atoms with Crippen LogP contribution in [-0.2, 0) is 14.3 Å². The highest BCUT2D eigenvalue weighted by Gasteiger charge is 2.35. The molecule has 0 radical (unpaired) electrons. The minimum atomic E-state index is -0.837. The molecule has 2 aliphatic rings. The molecule has 0 spiro atoms. The molecule has 0 aromatic heterocycles. The molecule has 2 heterocycles. The Kier molecular flexibility index (Phi) is 8.37. The number of ether oxygens (including phenoxy) is 2. The van der Waals surface area contributed by atoms with Crippen molar-refractivity contribution in [3.05, 3.63) is 82.1 Å². The highest BCUT2D eigenvalue weighted by Crippen LogP contribution is 2.39. The third kappa shape index (κ3) is 6.20. The minimum Gasteiger partial charge on any atom is -0.482 e. The highest BCUT2D eigenvalue weighted by atomic mass is 35.5. The van der Waals surface area contributed by atoms with E-state index in [4.69, 9.17) is 32.7 Å². The average Bonchev–Trinajstić information content (AvgIpc) is 2.94. The summed E-state index contributed by atoms with van der Waals surface area (Å²) >= 11 is 12.4. The zero-order valence-electron chi connectivity index (χ0n) is 21.3. The first-order valence-corrected chi connectivity index (χ1v) is 13.5. The van der Waals surface area contributed by atoms with Crippen molar-refractivity contribution in [1.82, 2.24) is 10.2 Å². The number of halogens is 3. The number of hydrogen-bond acceptors (Lipinski definition) is 5. The molecule has 2 unspecified atom stereocenters. The SMILES string of the molecule is CC(C(=O)NC(CN1CCOCC1)c1ccc(-c2cccc(F)c2)cc1)N1C(=O)COc2cc(Cl)c(Cl)cc21. The van der Waals surface area contributed by atoms with E-state index in [2.05, 4.69) is 10.2 Å². The van der Waals surface area contributed by atoms with Crippen molar-refractivity contribution in [2.75, 3.05) is 44.4 Å². The van der Waals surface area contributed by atoms with Gasteiger partial charge in [0, 0.05) is 25.7 Å². The van der Waals surface area contributed by atoms with Crippen LogP contribution in [0.15, 0.2) is 60.7 Å². The van der Waals surface area contributed by atoms with E-state index in [-0.39, 0.29) is 35.3 Å². The summed E-state index contributed by atoms with van der Waals surface area (Å²) in [7, 11) is 0. The molecule has 1 N–H and O–H groups in total. The maximum atomic E-state index is 13.7. The first-order valence-electron chi connectivity index (χ1n) is 12.7. The summed E-state index contributed by atoms with van der Waals surface area (Å²) in [6.07, 6.45) is 0. The summed E-state index contributed by atoms with van der Waals surface area (Å²) in [5.74, 6) is -0.588. The fourth-order valence-corrected chi connectivity index (χ4v) is 5.16. The van der Waals surface area contributed by atoms with Crippen LogP contribution in [0, 0.1) is 5.82 Å². The number of benzene rings is 3. The quantitative estimate of drug-likeness (QED) is 0.427. The molecule has 39 heavy (non-hydrogen) atoms. The second-order valence-corrected chi connectivity index (χ2v) is 10.4. The number of hydrogen-bond donors (Lipinski definition) is 1. The highest BCUT2D eigenvalue weighted by molar-refractivity contribution is 6.42.